The molecule has 4 heteroatoms. The molecule has 0 saturated carbocycles. The van der Waals surface area contributed by atoms with Crippen LogP contribution in [0, 0.1) is 0 Å². The number of hydrogen-bond donors (Lipinski definition) is 1. The average Bonchev–Trinajstić information content (AvgIpc) is 1.96. The highest BCUT2D eigenvalue weighted by Gasteiger charge is 2.31. The highest BCUT2D eigenvalue weighted by Crippen LogP contribution is 2.26. The molecule has 1 fully saturated rings. The molecule has 0 bridgehead atoms. The number of nitrogens with one attached hydrogen (secondary N) is 1. The Morgan fingerprint density at radius 2 is 2.27 bits per heavy atom. The zero-order valence-corrected chi connectivity index (χ0v) is 10.4. The zero-order chi connectivity index (χ0) is 7.61. The Hall–Kier alpha value is 0.880. The van der Waals surface area contributed by atoms with Gasteiger partial charge < -0.3 is 5.32 Å². The Morgan fingerprint density at radius 3 is 2.64 bits per heavy atom. The third-order valence-electron chi connectivity index (χ3n) is 2.25. The maximum Gasteiger partial charge on any atom is 0.0888 e. The van der Waals surface area contributed by atoms with Crippen LogP contribution in [0.3, 0.4) is 0 Å². The van der Waals surface area contributed by atoms with Crippen molar-refractivity contribution in [1.82, 2.24) is 10.2 Å². The Balaban J connectivity index is 0.000001000. The van der Waals surface area contributed by atoms with Crippen LogP contribution in [-0.2, 0) is 0 Å². The fourth-order valence-corrected chi connectivity index (χ4v) is 1.63. The first-order valence-electron chi connectivity index (χ1n) is 3.80. The van der Waals surface area contributed by atoms with Crippen LogP contribution in [0.1, 0.15) is 13.3 Å². The van der Waals surface area contributed by atoms with Gasteiger partial charge in [-0.1, -0.05) is 22.9 Å². The predicted octanol–water partition coefficient (Wildman–Crippen LogP) is 1.60. The van der Waals surface area contributed by atoms with Crippen LogP contribution >= 0.6 is 32.9 Å². The molecule has 1 aliphatic heterocycles. The zero-order valence-electron chi connectivity index (χ0n) is 7.06. The number of rotatable bonds is 1. The van der Waals surface area contributed by atoms with Gasteiger partial charge in [-0.25, -0.2) is 0 Å². The summed E-state index contributed by atoms with van der Waals surface area (Å²) in [6, 6.07) is 0. The molecule has 2 nitrogen and oxygen atoms in total. The first-order valence-corrected chi connectivity index (χ1v) is 4.59. The van der Waals surface area contributed by atoms with Crippen molar-refractivity contribution in [1.29, 1.82) is 0 Å². The number of likely N-dealkylation sites (N-methyl/N-ethyl adjacent to an activating group) is 1. The third-order valence-corrected chi connectivity index (χ3v) is 3.69. The number of alkyl halides is 1. The van der Waals surface area contributed by atoms with Crippen LogP contribution in [-0.4, -0.2) is 36.0 Å². The minimum atomic E-state index is 0. The maximum atomic E-state index is 3.72. The second kappa shape index (κ2) is 4.80. The maximum absolute atomic E-state index is 3.72. The Bertz CT molecular complexity index is 121. The molecule has 1 atom stereocenters. The normalized spacial score (nSPS) is 33.0. The topological polar surface area (TPSA) is 15.3 Å². The summed E-state index contributed by atoms with van der Waals surface area (Å²) in [6.45, 7) is 5.52. The summed E-state index contributed by atoms with van der Waals surface area (Å²) < 4.78 is 0.214. The summed E-state index contributed by atoms with van der Waals surface area (Å²) in [7, 11) is 2.17. The predicted molar refractivity (Wildman–Crippen MR) is 57.8 cm³/mol. The van der Waals surface area contributed by atoms with Crippen molar-refractivity contribution >= 4 is 32.9 Å². The number of piperazine rings is 1. The van der Waals surface area contributed by atoms with Crippen LogP contribution in [0.4, 0.5) is 0 Å². The summed E-state index contributed by atoms with van der Waals surface area (Å²) in [5.41, 5.74) is 0. The van der Waals surface area contributed by atoms with E-state index in [1.54, 1.807) is 0 Å². The monoisotopic (exact) mass is 286 g/mol. The molecule has 0 radical (unpaired) electrons. The van der Waals surface area contributed by atoms with Crippen molar-refractivity contribution in [2.45, 2.75) is 17.8 Å². The third kappa shape index (κ3) is 2.68. The van der Waals surface area contributed by atoms with Crippen LogP contribution in [0.25, 0.3) is 0 Å². The van der Waals surface area contributed by atoms with Gasteiger partial charge in [0.25, 0.3) is 0 Å². The molecule has 0 spiro atoms. The van der Waals surface area contributed by atoms with Crippen LogP contribution in [0.15, 0.2) is 0 Å². The van der Waals surface area contributed by atoms with Gasteiger partial charge in [-0.15, -0.1) is 17.0 Å². The lowest BCUT2D eigenvalue weighted by Crippen LogP contribution is -2.55. The van der Waals surface area contributed by atoms with Crippen molar-refractivity contribution in [3.63, 3.8) is 0 Å². The lowest BCUT2D eigenvalue weighted by Gasteiger charge is -2.40. The van der Waals surface area contributed by atoms with Gasteiger partial charge in [-0.05, 0) is 13.5 Å². The number of nitrogens with zero attached hydrogens (tertiary/aromatic N) is 1. The van der Waals surface area contributed by atoms with Gasteiger partial charge in [0, 0.05) is 19.6 Å². The molecular formula is C7H16Br2N2. The van der Waals surface area contributed by atoms with E-state index in [9.17, 15) is 0 Å². The summed E-state index contributed by atoms with van der Waals surface area (Å²) in [5.74, 6) is 0. The van der Waals surface area contributed by atoms with Crippen LogP contribution in [0.5, 0.6) is 0 Å². The Labute approximate surface area is 87.6 Å². The fraction of sp³-hybridized carbons (Fsp3) is 1.00. The van der Waals surface area contributed by atoms with Crippen LogP contribution < -0.4 is 5.32 Å². The number of hydrogen-bond acceptors (Lipinski definition) is 2. The standard InChI is InChI=1S/C7H15BrN2.BrH/c1-3-7(8)6-9-4-5-10(7)2;/h9H,3-6H2,1-2H3;1H. The summed E-state index contributed by atoms with van der Waals surface area (Å²) in [4.78, 5) is 2.36. The highest BCUT2D eigenvalue weighted by molar-refractivity contribution is 9.10. The minimum absolute atomic E-state index is 0. The number of halogens is 2. The lowest BCUT2D eigenvalue weighted by molar-refractivity contribution is 0.172. The van der Waals surface area contributed by atoms with Crippen molar-refractivity contribution < 1.29 is 0 Å². The second-order valence-electron chi connectivity index (χ2n) is 2.87. The lowest BCUT2D eigenvalue weighted by atomic mass is 10.1. The molecule has 1 N–H and O–H groups in total. The molecule has 11 heavy (non-hydrogen) atoms. The van der Waals surface area contributed by atoms with Crippen molar-refractivity contribution in [3.8, 4) is 0 Å². The Morgan fingerprint density at radius 1 is 1.64 bits per heavy atom. The minimum Gasteiger partial charge on any atom is -0.313 e. The van der Waals surface area contributed by atoms with Gasteiger partial charge in [0.2, 0.25) is 0 Å². The van der Waals surface area contributed by atoms with Gasteiger partial charge in [0.1, 0.15) is 0 Å². The van der Waals surface area contributed by atoms with E-state index in [1.807, 2.05) is 0 Å². The summed E-state index contributed by atoms with van der Waals surface area (Å²) >= 11 is 3.72. The van der Waals surface area contributed by atoms with Crippen molar-refractivity contribution in [2.24, 2.45) is 0 Å². The van der Waals surface area contributed by atoms with Gasteiger partial charge in [-0.2, -0.15) is 0 Å². The second-order valence-corrected chi connectivity index (χ2v) is 4.35. The molecule has 0 amide bonds. The van der Waals surface area contributed by atoms with Gasteiger partial charge in [0.05, 0.1) is 4.45 Å². The molecule has 1 unspecified atom stereocenters. The first kappa shape index (κ1) is 11.9. The van der Waals surface area contributed by atoms with Gasteiger partial charge in [-0.3, -0.25) is 4.90 Å². The smallest absolute Gasteiger partial charge is 0.0888 e. The van der Waals surface area contributed by atoms with Crippen molar-refractivity contribution in [2.75, 3.05) is 26.7 Å². The molecule has 0 aromatic carbocycles. The molecule has 0 aliphatic carbocycles. The summed E-state index contributed by atoms with van der Waals surface area (Å²) in [6.07, 6.45) is 1.15. The largest absolute Gasteiger partial charge is 0.313 e. The molecule has 1 heterocycles. The molecule has 0 aromatic rings. The van der Waals surface area contributed by atoms with Gasteiger partial charge >= 0.3 is 0 Å². The average molecular weight is 288 g/mol. The molecule has 0 aromatic heterocycles. The molecule has 1 rings (SSSR count). The van der Waals surface area contributed by atoms with E-state index in [1.165, 1.54) is 0 Å². The quantitative estimate of drug-likeness (QED) is 0.582. The Kier molecular flexibility index (Phi) is 5.18. The van der Waals surface area contributed by atoms with E-state index in [-0.39, 0.29) is 21.4 Å². The van der Waals surface area contributed by atoms with E-state index in [4.69, 9.17) is 0 Å². The van der Waals surface area contributed by atoms with Crippen molar-refractivity contribution in [3.05, 3.63) is 0 Å². The van der Waals surface area contributed by atoms with E-state index >= 15 is 0 Å². The highest BCUT2D eigenvalue weighted by atomic mass is 79.9. The molecular weight excluding hydrogens is 272 g/mol. The van der Waals surface area contributed by atoms with E-state index in [2.05, 4.69) is 40.1 Å². The van der Waals surface area contributed by atoms with E-state index in [0.717, 1.165) is 26.1 Å². The van der Waals surface area contributed by atoms with Crippen LogP contribution in [0.2, 0.25) is 0 Å². The SMILES string of the molecule is Br.CCC1(Br)CNCCN1C. The first-order chi connectivity index (χ1) is 4.69. The fourth-order valence-electron chi connectivity index (χ4n) is 1.26. The summed E-state index contributed by atoms with van der Waals surface area (Å²) in [5, 5.41) is 3.37. The molecule has 68 valence electrons. The molecule has 1 saturated heterocycles. The molecule has 1 aliphatic rings. The van der Waals surface area contributed by atoms with E-state index < -0.39 is 0 Å². The van der Waals surface area contributed by atoms with Gasteiger partial charge in [0.15, 0.2) is 0 Å². The van der Waals surface area contributed by atoms with E-state index in [0.29, 0.717) is 0 Å².